The van der Waals surface area contributed by atoms with Gasteiger partial charge in [-0.05, 0) is 66.1 Å². The molecule has 0 aliphatic carbocycles. The van der Waals surface area contributed by atoms with Crippen molar-refractivity contribution >= 4 is 39.5 Å². The molecule has 1 aromatic rings. The molecule has 7 heteroatoms. The molecule has 2 N–H and O–H groups in total. The van der Waals surface area contributed by atoms with Crippen LogP contribution in [0.1, 0.15) is 32.8 Å². The van der Waals surface area contributed by atoms with Crippen molar-refractivity contribution in [3.05, 3.63) is 22.2 Å². The van der Waals surface area contributed by atoms with Crippen LogP contribution in [0.5, 0.6) is 11.5 Å². The molecule has 0 radical (unpaired) electrons. The predicted octanol–water partition coefficient (Wildman–Crippen LogP) is 3.45. The summed E-state index contributed by atoms with van der Waals surface area (Å²) >= 11 is 8.55. The topological polar surface area (TPSA) is 54.9 Å². The number of ether oxygens (including phenoxy) is 2. The van der Waals surface area contributed by atoms with Crippen molar-refractivity contribution in [1.29, 1.82) is 0 Å². The molecule has 1 atom stereocenters. The van der Waals surface area contributed by atoms with Crippen LogP contribution in [0.15, 0.2) is 21.7 Å². The average molecular weight is 388 g/mol. The second kappa shape index (κ2) is 9.63. The fourth-order valence-electron chi connectivity index (χ4n) is 1.58. The number of benzene rings is 1. The third-order valence-corrected chi connectivity index (χ3v) is 3.69. The van der Waals surface area contributed by atoms with Crippen LogP contribution in [-0.4, -0.2) is 31.1 Å². The molecule has 1 aromatic carbocycles. The van der Waals surface area contributed by atoms with Crippen molar-refractivity contribution in [2.24, 2.45) is 5.10 Å². The number of methoxy groups -OCH3 is 1. The van der Waals surface area contributed by atoms with Gasteiger partial charge in [0, 0.05) is 6.54 Å². The number of hydrogen-bond donors (Lipinski definition) is 2. The van der Waals surface area contributed by atoms with Gasteiger partial charge in [-0.1, -0.05) is 6.92 Å². The number of hydrogen-bond acceptors (Lipinski definition) is 4. The molecular formula is C15H22BrN3O2S. The van der Waals surface area contributed by atoms with E-state index in [2.05, 4.69) is 38.7 Å². The maximum absolute atomic E-state index is 5.88. The lowest BCUT2D eigenvalue weighted by Gasteiger charge is -2.17. The Hall–Kier alpha value is -1.34. The Morgan fingerprint density at radius 2 is 2.18 bits per heavy atom. The summed E-state index contributed by atoms with van der Waals surface area (Å²) in [5.74, 6) is 1.36. The van der Waals surface area contributed by atoms with E-state index in [9.17, 15) is 0 Å². The first kappa shape index (κ1) is 18.7. The fraction of sp³-hybridized carbons (Fsp3) is 0.467. The van der Waals surface area contributed by atoms with Crippen molar-refractivity contribution in [3.8, 4) is 11.5 Å². The Morgan fingerprint density at radius 1 is 1.45 bits per heavy atom. The van der Waals surface area contributed by atoms with Crippen LogP contribution in [0.2, 0.25) is 0 Å². The zero-order valence-corrected chi connectivity index (χ0v) is 15.7. The molecule has 122 valence electrons. The summed E-state index contributed by atoms with van der Waals surface area (Å²) in [7, 11) is 1.62. The first-order chi connectivity index (χ1) is 10.5. The standard InChI is InChI=1S/C15H22BrN3O2S/c1-5-10(3)21-14-12(16)7-11(8-13(14)20-4)9-18-19-15(22)17-6-2/h7-10H,5-6H2,1-4H3,(H2,17,19,22). The van der Waals surface area contributed by atoms with Crippen molar-refractivity contribution in [2.75, 3.05) is 13.7 Å². The second-order valence-electron chi connectivity index (χ2n) is 4.60. The number of hydrazone groups is 1. The van der Waals surface area contributed by atoms with Crippen LogP contribution in [-0.2, 0) is 0 Å². The molecule has 0 aliphatic rings. The number of halogens is 1. The molecule has 0 aromatic heterocycles. The van der Waals surface area contributed by atoms with E-state index >= 15 is 0 Å². The van der Waals surface area contributed by atoms with Crippen LogP contribution >= 0.6 is 28.1 Å². The molecule has 0 bridgehead atoms. The van der Waals surface area contributed by atoms with E-state index in [0.717, 1.165) is 23.0 Å². The van der Waals surface area contributed by atoms with Crippen molar-refractivity contribution in [1.82, 2.24) is 10.7 Å². The summed E-state index contributed by atoms with van der Waals surface area (Å²) in [5.41, 5.74) is 3.61. The van der Waals surface area contributed by atoms with E-state index in [0.29, 0.717) is 16.6 Å². The van der Waals surface area contributed by atoms with Gasteiger partial charge in [0.15, 0.2) is 16.6 Å². The molecule has 0 spiro atoms. The van der Waals surface area contributed by atoms with E-state index in [1.807, 2.05) is 26.0 Å². The van der Waals surface area contributed by atoms with Crippen LogP contribution in [0.25, 0.3) is 0 Å². The van der Waals surface area contributed by atoms with Gasteiger partial charge in [-0.15, -0.1) is 0 Å². The smallest absolute Gasteiger partial charge is 0.186 e. The minimum absolute atomic E-state index is 0.115. The summed E-state index contributed by atoms with van der Waals surface area (Å²) in [6, 6.07) is 3.78. The second-order valence-corrected chi connectivity index (χ2v) is 5.86. The van der Waals surface area contributed by atoms with Gasteiger partial charge in [0.2, 0.25) is 0 Å². The summed E-state index contributed by atoms with van der Waals surface area (Å²) in [5, 5.41) is 7.53. The quantitative estimate of drug-likeness (QED) is 0.426. The zero-order chi connectivity index (χ0) is 16.5. The maximum Gasteiger partial charge on any atom is 0.186 e. The molecule has 0 saturated heterocycles. The van der Waals surface area contributed by atoms with E-state index in [-0.39, 0.29) is 6.10 Å². The summed E-state index contributed by atoms with van der Waals surface area (Å²) in [6.45, 7) is 6.82. The normalized spacial score (nSPS) is 12.0. The highest BCUT2D eigenvalue weighted by atomic mass is 79.9. The Morgan fingerprint density at radius 3 is 2.77 bits per heavy atom. The predicted molar refractivity (Wildman–Crippen MR) is 98.1 cm³/mol. The third-order valence-electron chi connectivity index (χ3n) is 2.86. The number of nitrogens with zero attached hydrogens (tertiary/aromatic N) is 1. The molecule has 0 saturated carbocycles. The van der Waals surface area contributed by atoms with E-state index in [1.54, 1.807) is 13.3 Å². The van der Waals surface area contributed by atoms with Gasteiger partial charge in [-0.25, -0.2) is 0 Å². The lowest BCUT2D eigenvalue weighted by molar-refractivity contribution is 0.206. The Bertz CT molecular complexity index is 538. The van der Waals surface area contributed by atoms with Gasteiger partial charge in [0.25, 0.3) is 0 Å². The Kier molecular flexibility index (Phi) is 8.19. The van der Waals surface area contributed by atoms with Gasteiger partial charge in [-0.2, -0.15) is 5.10 Å². The lowest BCUT2D eigenvalue weighted by Crippen LogP contribution is -2.31. The van der Waals surface area contributed by atoms with E-state index in [4.69, 9.17) is 21.7 Å². The largest absolute Gasteiger partial charge is 0.493 e. The number of thiocarbonyl (C=S) groups is 1. The van der Waals surface area contributed by atoms with Gasteiger partial charge < -0.3 is 14.8 Å². The number of nitrogens with one attached hydrogen (secondary N) is 2. The van der Waals surface area contributed by atoms with Gasteiger partial charge >= 0.3 is 0 Å². The minimum Gasteiger partial charge on any atom is -0.493 e. The summed E-state index contributed by atoms with van der Waals surface area (Å²) < 4.78 is 12.1. The molecule has 0 heterocycles. The van der Waals surface area contributed by atoms with Crippen LogP contribution < -0.4 is 20.2 Å². The van der Waals surface area contributed by atoms with Gasteiger partial charge in [-0.3, -0.25) is 5.43 Å². The zero-order valence-electron chi connectivity index (χ0n) is 13.3. The Labute approximate surface area is 145 Å². The van der Waals surface area contributed by atoms with Crippen molar-refractivity contribution in [3.63, 3.8) is 0 Å². The van der Waals surface area contributed by atoms with Gasteiger partial charge in [0.05, 0.1) is 23.9 Å². The fourth-order valence-corrected chi connectivity index (χ4v) is 2.33. The molecule has 0 amide bonds. The first-order valence-electron chi connectivity index (χ1n) is 7.12. The van der Waals surface area contributed by atoms with Crippen LogP contribution in [0.4, 0.5) is 0 Å². The van der Waals surface area contributed by atoms with Crippen LogP contribution in [0.3, 0.4) is 0 Å². The Balaban J connectivity index is 2.88. The highest BCUT2D eigenvalue weighted by Gasteiger charge is 2.13. The monoisotopic (exact) mass is 387 g/mol. The lowest BCUT2D eigenvalue weighted by atomic mass is 10.2. The molecule has 1 unspecified atom stereocenters. The van der Waals surface area contributed by atoms with Gasteiger partial charge in [0.1, 0.15) is 0 Å². The van der Waals surface area contributed by atoms with Crippen molar-refractivity contribution < 1.29 is 9.47 Å². The molecule has 22 heavy (non-hydrogen) atoms. The third kappa shape index (κ3) is 5.81. The molecule has 1 rings (SSSR count). The summed E-state index contributed by atoms with van der Waals surface area (Å²) in [6.07, 6.45) is 2.71. The molecule has 5 nitrogen and oxygen atoms in total. The number of rotatable bonds is 7. The maximum atomic E-state index is 5.88. The molecule has 0 fully saturated rings. The van der Waals surface area contributed by atoms with Crippen LogP contribution in [0, 0.1) is 0 Å². The van der Waals surface area contributed by atoms with E-state index in [1.165, 1.54) is 0 Å². The highest BCUT2D eigenvalue weighted by Crippen LogP contribution is 2.37. The van der Waals surface area contributed by atoms with E-state index < -0.39 is 0 Å². The summed E-state index contributed by atoms with van der Waals surface area (Å²) in [4.78, 5) is 0. The SMILES string of the molecule is CCNC(=S)NN=Cc1cc(Br)c(OC(C)CC)c(OC)c1. The average Bonchev–Trinajstić information content (AvgIpc) is 2.49. The minimum atomic E-state index is 0.115. The molecule has 0 aliphatic heterocycles. The molecular weight excluding hydrogens is 366 g/mol. The highest BCUT2D eigenvalue weighted by molar-refractivity contribution is 9.10. The first-order valence-corrected chi connectivity index (χ1v) is 8.33. The van der Waals surface area contributed by atoms with Crippen molar-refractivity contribution in [2.45, 2.75) is 33.3 Å².